The summed E-state index contributed by atoms with van der Waals surface area (Å²) in [5.41, 5.74) is 10.9. The van der Waals surface area contributed by atoms with Gasteiger partial charge in [0.25, 0.3) is 0 Å². The van der Waals surface area contributed by atoms with E-state index in [1.807, 2.05) is 0 Å². The summed E-state index contributed by atoms with van der Waals surface area (Å²) in [6, 6.07) is -3.06. The molecule has 4 amide bonds. The SMILES string of the molecule is CC(N)C(=O)NC(C)C(=O)CC(C)C(=O)NCNC(=O)C(C)CC(=O)C(C)NC(=O)C(C)N. The third-order valence-electron chi connectivity index (χ3n) is 4.95. The van der Waals surface area contributed by atoms with E-state index in [-0.39, 0.29) is 31.1 Å². The van der Waals surface area contributed by atoms with Crippen LogP contribution in [-0.4, -0.2) is 66.0 Å². The molecule has 0 bridgehead atoms. The molecule has 0 aliphatic heterocycles. The molecule has 8 N–H and O–H groups in total. The first-order valence-electron chi connectivity index (χ1n) is 10.9. The van der Waals surface area contributed by atoms with Crippen molar-refractivity contribution >= 4 is 35.2 Å². The van der Waals surface area contributed by atoms with Crippen LogP contribution in [-0.2, 0) is 28.8 Å². The second kappa shape index (κ2) is 14.3. The Morgan fingerprint density at radius 2 is 0.879 bits per heavy atom. The molecule has 0 fully saturated rings. The first-order chi connectivity index (χ1) is 15.2. The fourth-order valence-corrected chi connectivity index (χ4v) is 2.56. The summed E-state index contributed by atoms with van der Waals surface area (Å²) in [5, 5.41) is 9.95. The standard InChI is InChI=1S/C21H38N6O6/c1-10(7-16(28)14(5)26-20(32)12(3)22)18(30)24-9-25-19(31)11(2)8-17(29)15(6)27-21(33)13(4)23/h10-15H,7-9,22-23H2,1-6H3,(H,24,30)(H,25,31)(H,26,32)(H,27,33). The highest BCUT2D eigenvalue weighted by molar-refractivity contribution is 5.94. The van der Waals surface area contributed by atoms with Crippen LogP contribution in [0.3, 0.4) is 0 Å². The molecule has 0 heterocycles. The van der Waals surface area contributed by atoms with E-state index in [0.29, 0.717) is 0 Å². The molecule has 6 unspecified atom stereocenters. The Balaban J connectivity index is 4.41. The van der Waals surface area contributed by atoms with Gasteiger partial charge in [-0.05, 0) is 27.7 Å². The summed E-state index contributed by atoms with van der Waals surface area (Å²) in [5.74, 6) is -3.85. The van der Waals surface area contributed by atoms with Crippen molar-refractivity contribution in [2.24, 2.45) is 23.3 Å². The molecule has 33 heavy (non-hydrogen) atoms. The topological polar surface area (TPSA) is 203 Å². The van der Waals surface area contributed by atoms with Crippen LogP contribution >= 0.6 is 0 Å². The third kappa shape index (κ3) is 11.5. The molecule has 0 aliphatic rings. The summed E-state index contributed by atoms with van der Waals surface area (Å²) in [4.78, 5) is 71.8. The summed E-state index contributed by atoms with van der Waals surface area (Å²) in [7, 11) is 0. The van der Waals surface area contributed by atoms with Gasteiger partial charge in [-0.25, -0.2) is 0 Å². The highest BCUT2D eigenvalue weighted by Gasteiger charge is 2.24. The number of nitrogens with one attached hydrogen (secondary N) is 4. The fourth-order valence-electron chi connectivity index (χ4n) is 2.56. The molecule has 12 heteroatoms. The normalized spacial score (nSPS) is 16.2. The van der Waals surface area contributed by atoms with Crippen LogP contribution in [0.25, 0.3) is 0 Å². The number of ketones is 2. The number of hydrogen-bond acceptors (Lipinski definition) is 8. The average molecular weight is 471 g/mol. The molecule has 0 radical (unpaired) electrons. The van der Waals surface area contributed by atoms with E-state index < -0.39 is 59.6 Å². The van der Waals surface area contributed by atoms with Crippen LogP contribution in [0, 0.1) is 11.8 Å². The van der Waals surface area contributed by atoms with Gasteiger partial charge in [0.15, 0.2) is 11.6 Å². The second-order valence-electron chi connectivity index (χ2n) is 8.44. The van der Waals surface area contributed by atoms with Crippen LogP contribution in [0.2, 0.25) is 0 Å². The van der Waals surface area contributed by atoms with Crippen molar-refractivity contribution < 1.29 is 28.8 Å². The zero-order valence-electron chi connectivity index (χ0n) is 20.2. The Hall–Kier alpha value is -2.86. The lowest BCUT2D eigenvalue weighted by Gasteiger charge is -2.18. The highest BCUT2D eigenvalue weighted by atomic mass is 16.2. The Bertz CT molecular complexity index is 679. The van der Waals surface area contributed by atoms with Gasteiger partial charge in [-0.3, -0.25) is 28.8 Å². The number of rotatable bonds is 14. The van der Waals surface area contributed by atoms with Gasteiger partial charge in [-0.15, -0.1) is 0 Å². The number of carbonyl (C=O) groups is 6. The smallest absolute Gasteiger partial charge is 0.237 e. The summed E-state index contributed by atoms with van der Waals surface area (Å²) in [6.07, 6.45) is -0.202. The number of carbonyl (C=O) groups excluding carboxylic acids is 6. The Morgan fingerprint density at radius 3 is 1.15 bits per heavy atom. The van der Waals surface area contributed by atoms with E-state index in [1.54, 1.807) is 13.8 Å². The van der Waals surface area contributed by atoms with E-state index in [9.17, 15) is 28.8 Å². The molecule has 0 aromatic rings. The van der Waals surface area contributed by atoms with E-state index >= 15 is 0 Å². The van der Waals surface area contributed by atoms with Crippen molar-refractivity contribution in [2.45, 2.75) is 78.6 Å². The lowest BCUT2D eigenvalue weighted by molar-refractivity contribution is -0.132. The number of Topliss-reactive ketones (excluding diaryl/α,β-unsaturated/α-hetero) is 2. The van der Waals surface area contributed by atoms with E-state index in [4.69, 9.17) is 11.5 Å². The lowest BCUT2D eigenvalue weighted by Crippen LogP contribution is -2.47. The molecular weight excluding hydrogens is 432 g/mol. The molecule has 0 rings (SSSR count). The number of amides is 4. The molecule has 12 nitrogen and oxygen atoms in total. The minimum absolute atomic E-state index is 0.101. The molecule has 0 aliphatic carbocycles. The molecule has 0 saturated heterocycles. The van der Waals surface area contributed by atoms with E-state index in [1.165, 1.54) is 27.7 Å². The zero-order valence-corrected chi connectivity index (χ0v) is 20.2. The molecule has 6 atom stereocenters. The first-order valence-corrected chi connectivity index (χ1v) is 10.9. The highest BCUT2D eigenvalue weighted by Crippen LogP contribution is 2.07. The van der Waals surface area contributed by atoms with Gasteiger partial charge in [0.1, 0.15) is 0 Å². The van der Waals surface area contributed by atoms with Crippen molar-refractivity contribution in [2.75, 3.05) is 6.67 Å². The third-order valence-corrected chi connectivity index (χ3v) is 4.95. The van der Waals surface area contributed by atoms with Gasteiger partial charge >= 0.3 is 0 Å². The van der Waals surface area contributed by atoms with E-state index in [2.05, 4.69) is 21.3 Å². The summed E-state index contributed by atoms with van der Waals surface area (Å²) in [6.45, 7) is 8.94. The van der Waals surface area contributed by atoms with Gasteiger partial charge in [-0.2, -0.15) is 0 Å². The predicted molar refractivity (Wildman–Crippen MR) is 121 cm³/mol. The lowest BCUT2D eigenvalue weighted by atomic mass is 9.99. The van der Waals surface area contributed by atoms with Gasteiger partial charge < -0.3 is 32.7 Å². The second-order valence-corrected chi connectivity index (χ2v) is 8.44. The Labute approximate surface area is 194 Å². The minimum Gasteiger partial charge on any atom is -0.345 e. The van der Waals surface area contributed by atoms with Crippen LogP contribution < -0.4 is 32.7 Å². The molecule has 0 saturated carbocycles. The minimum atomic E-state index is -0.780. The molecular formula is C21H38N6O6. The maximum atomic E-state index is 12.2. The zero-order chi connectivity index (χ0) is 25.9. The number of nitrogens with two attached hydrogens (primary N) is 2. The molecule has 0 spiro atoms. The van der Waals surface area contributed by atoms with Crippen molar-refractivity contribution in [1.82, 2.24) is 21.3 Å². The quantitative estimate of drug-likeness (QED) is 0.157. The largest absolute Gasteiger partial charge is 0.345 e. The Morgan fingerprint density at radius 1 is 0.576 bits per heavy atom. The van der Waals surface area contributed by atoms with Crippen LogP contribution in [0.1, 0.15) is 54.4 Å². The summed E-state index contributed by atoms with van der Waals surface area (Å²) >= 11 is 0. The monoisotopic (exact) mass is 470 g/mol. The predicted octanol–water partition coefficient (Wildman–Crippen LogP) is -1.93. The average Bonchev–Trinajstić information content (AvgIpc) is 2.72. The van der Waals surface area contributed by atoms with Crippen LogP contribution in [0.5, 0.6) is 0 Å². The Kier molecular flexibility index (Phi) is 13.1. The maximum absolute atomic E-state index is 12.2. The summed E-state index contributed by atoms with van der Waals surface area (Å²) < 4.78 is 0. The molecule has 0 aromatic carbocycles. The first kappa shape index (κ1) is 30.1. The molecule has 0 aromatic heterocycles. The van der Waals surface area contributed by atoms with Crippen molar-refractivity contribution in [1.29, 1.82) is 0 Å². The number of hydrogen-bond donors (Lipinski definition) is 6. The van der Waals surface area contributed by atoms with Crippen molar-refractivity contribution in [3.63, 3.8) is 0 Å². The van der Waals surface area contributed by atoms with Gasteiger partial charge in [0.05, 0.1) is 30.8 Å². The fraction of sp³-hybridized carbons (Fsp3) is 0.714. The van der Waals surface area contributed by atoms with Crippen molar-refractivity contribution in [3.05, 3.63) is 0 Å². The maximum Gasteiger partial charge on any atom is 0.237 e. The van der Waals surface area contributed by atoms with Gasteiger partial charge in [0.2, 0.25) is 23.6 Å². The molecule has 188 valence electrons. The van der Waals surface area contributed by atoms with Gasteiger partial charge in [-0.1, -0.05) is 13.8 Å². The van der Waals surface area contributed by atoms with Crippen molar-refractivity contribution in [3.8, 4) is 0 Å². The van der Waals surface area contributed by atoms with E-state index in [0.717, 1.165) is 0 Å². The van der Waals surface area contributed by atoms with Crippen LogP contribution in [0.15, 0.2) is 0 Å². The van der Waals surface area contributed by atoms with Crippen LogP contribution in [0.4, 0.5) is 0 Å². The van der Waals surface area contributed by atoms with Gasteiger partial charge in [0, 0.05) is 24.7 Å².